The molecule has 0 bridgehead atoms. The molecular weight excluding hydrogens is 242 g/mol. The summed E-state index contributed by atoms with van der Waals surface area (Å²) in [6.07, 6.45) is 0. The molecule has 19 heavy (non-hydrogen) atoms. The van der Waals surface area contributed by atoms with Crippen molar-refractivity contribution in [1.82, 2.24) is 15.2 Å². The van der Waals surface area contributed by atoms with Crippen molar-refractivity contribution in [2.45, 2.75) is 26.4 Å². The topological polar surface area (TPSA) is 54.5 Å². The smallest absolute Gasteiger partial charge is 0.239 e. The minimum absolute atomic E-state index is 0.135. The van der Waals surface area contributed by atoms with Crippen molar-refractivity contribution in [3.05, 3.63) is 29.6 Å². The van der Waals surface area contributed by atoms with Gasteiger partial charge >= 0.3 is 0 Å². The second-order valence-corrected chi connectivity index (χ2v) is 4.81. The van der Waals surface area contributed by atoms with Crippen molar-refractivity contribution in [3.63, 3.8) is 0 Å². The first kappa shape index (κ1) is 14.0. The van der Waals surface area contributed by atoms with E-state index in [1.54, 1.807) is 0 Å². The summed E-state index contributed by atoms with van der Waals surface area (Å²) >= 11 is 0. The van der Waals surface area contributed by atoms with Crippen LogP contribution in [-0.2, 0) is 16.1 Å². The Labute approximate surface area is 114 Å². The zero-order valence-electron chi connectivity index (χ0n) is 11.6. The summed E-state index contributed by atoms with van der Waals surface area (Å²) in [6, 6.07) is 5.71. The van der Waals surface area contributed by atoms with Gasteiger partial charge < -0.3 is 15.0 Å². The number of morpholine rings is 1. The number of pyridine rings is 1. The fourth-order valence-corrected chi connectivity index (χ4v) is 2.10. The Balaban J connectivity index is 1.83. The predicted octanol–water partition coefficient (Wildman–Crippen LogP) is 0.727. The van der Waals surface area contributed by atoms with Crippen LogP contribution in [0.2, 0.25) is 0 Å². The first-order valence-corrected chi connectivity index (χ1v) is 6.69. The molecule has 0 saturated carbocycles. The van der Waals surface area contributed by atoms with Gasteiger partial charge in [-0.05, 0) is 26.0 Å². The van der Waals surface area contributed by atoms with E-state index < -0.39 is 0 Å². The van der Waals surface area contributed by atoms with E-state index >= 15 is 0 Å². The van der Waals surface area contributed by atoms with E-state index in [9.17, 15) is 4.79 Å². The zero-order chi connectivity index (χ0) is 13.7. The predicted molar refractivity (Wildman–Crippen MR) is 72.7 cm³/mol. The zero-order valence-corrected chi connectivity index (χ0v) is 11.6. The van der Waals surface area contributed by atoms with Crippen LogP contribution in [0, 0.1) is 6.92 Å². The second-order valence-electron chi connectivity index (χ2n) is 4.81. The molecule has 0 aromatic carbocycles. The number of ether oxygens (including phenoxy) is 1. The summed E-state index contributed by atoms with van der Waals surface area (Å²) in [5.41, 5.74) is 1.95. The van der Waals surface area contributed by atoms with Crippen molar-refractivity contribution >= 4 is 5.91 Å². The van der Waals surface area contributed by atoms with Gasteiger partial charge in [0.05, 0.1) is 24.9 Å². The molecule has 5 heteroatoms. The van der Waals surface area contributed by atoms with Crippen LogP contribution in [0.25, 0.3) is 0 Å². The molecule has 0 aliphatic carbocycles. The van der Waals surface area contributed by atoms with Crippen LogP contribution >= 0.6 is 0 Å². The maximum absolute atomic E-state index is 12.2. The van der Waals surface area contributed by atoms with Crippen LogP contribution in [0.4, 0.5) is 0 Å². The number of carbonyl (C=O) groups excluding carboxylic acids is 1. The Morgan fingerprint density at radius 3 is 2.89 bits per heavy atom. The van der Waals surface area contributed by atoms with E-state index in [1.165, 1.54) is 0 Å². The highest BCUT2D eigenvalue weighted by atomic mass is 16.5. The summed E-state index contributed by atoms with van der Waals surface area (Å²) in [5, 5.41) is 3.23. The molecule has 1 N–H and O–H groups in total. The number of nitrogens with one attached hydrogen (secondary N) is 1. The van der Waals surface area contributed by atoms with Crippen molar-refractivity contribution in [2.24, 2.45) is 0 Å². The first-order valence-electron chi connectivity index (χ1n) is 6.69. The first-order chi connectivity index (χ1) is 9.16. The summed E-state index contributed by atoms with van der Waals surface area (Å²) in [7, 11) is 0. The van der Waals surface area contributed by atoms with Gasteiger partial charge in [-0.3, -0.25) is 9.78 Å². The van der Waals surface area contributed by atoms with Crippen molar-refractivity contribution in [2.75, 3.05) is 26.3 Å². The Morgan fingerprint density at radius 1 is 1.47 bits per heavy atom. The van der Waals surface area contributed by atoms with E-state index in [0.29, 0.717) is 32.8 Å². The molecule has 2 rings (SSSR count). The molecule has 1 fully saturated rings. The standard InChI is InChI=1S/C14H21N3O2/c1-11-4-3-5-13(16-11)10-15-12(2)14(18)17-6-8-19-9-7-17/h3-5,12,15H,6-10H2,1-2H3. The highest BCUT2D eigenvalue weighted by Crippen LogP contribution is 2.02. The quantitative estimate of drug-likeness (QED) is 0.870. The molecule has 0 spiro atoms. The molecule has 1 atom stereocenters. The fourth-order valence-electron chi connectivity index (χ4n) is 2.10. The molecular formula is C14H21N3O2. The average Bonchev–Trinajstić information content (AvgIpc) is 2.45. The summed E-state index contributed by atoms with van der Waals surface area (Å²) in [4.78, 5) is 18.4. The molecule has 5 nitrogen and oxygen atoms in total. The third-order valence-electron chi connectivity index (χ3n) is 3.23. The number of carbonyl (C=O) groups is 1. The molecule has 1 aliphatic rings. The Kier molecular flexibility index (Phi) is 4.87. The van der Waals surface area contributed by atoms with Gasteiger partial charge in [-0.2, -0.15) is 0 Å². The summed E-state index contributed by atoms with van der Waals surface area (Å²) in [5.74, 6) is 0.135. The number of aryl methyl sites for hydroxylation is 1. The van der Waals surface area contributed by atoms with Crippen molar-refractivity contribution in [1.29, 1.82) is 0 Å². The van der Waals surface area contributed by atoms with Crippen molar-refractivity contribution in [3.8, 4) is 0 Å². The van der Waals surface area contributed by atoms with Gasteiger partial charge in [0.1, 0.15) is 0 Å². The summed E-state index contributed by atoms with van der Waals surface area (Å²) < 4.78 is 5.25. The lowest BCUT2D eigenvalue weighted by Crippen LogP contribution is -2.49. The number of rotatable bonds is 4. The molecule has 1 unspecified atom stereocenters. The Bertz CT molecular complexity index is 430. The Morgan fingerprint density at radius 2 is 2.21 bits per heavy atom. The van der Waals surface area contributed by atoms with E-state index in [4.69, 9.17) is 4.74 Å². The van der Waals surface area contributed by atoms with Gasteiger partial charge in [-0.1, -0.05) is 6.07 Å². The largest absolute Gasteiger partial charge is 0.378 e. The van der Waals surface area contributed by atoms with Gasteiger partial charge in [-0.25, -0.2) is 0 Å². The minimum Gasteiger partial charge on any atom is -0.378 e. The third kappa shape index (κ3) is 4.01. The molecule has 2 heterocycles. The van der Waals surface area contributed by atoms with Crippen LogP contribution in [-0.4, -0.2) is 48.1 Å². The van der Waals surface area contributed by atoms with E-state index in [-0.39, 0.29) is 11.9 Å². The van der Waals surface area contributed by atoms with Gasteiger partial charge in [0, 0.05) is 25.3 Å². The fraction of sp³-hybridized carbons (Fsp3) is 0.571. The van der Waals surface area contributed by atoms with E-state index in [0.717, 1.165) is 11.4 Å². The van der Waals surface area contributed by atoms with Gasteiger partial charge in [0.25, 0.3) is 0 Å². The number of aromatic nitrogens is 1. The number of hydrogen-bond acceptors (Lipinski definition) is 4. The number of hydrogen-bond donors (Lipinski definition) is 1. The lowest BCUT2D eigenvalue weighted by molar-refractivity contribution is -0.137. The second kappa shape index (κ2) is 6.63. The van der Waals surface area contributed by atoms with Gasteiger partial charge in [-0.15, -0.1) is 0 Å². The molecule has 1 aromatic rings. The lowest BCUT2D eigenvalue weighted by Gasteiger charge is -2.29. The number of nitrogens with zero attached hydrogens (tertiary/aromatic N) is 2. The van der Waals surface area contributed by atoms with E-state index in [1.807, 2.05) is 36.9 Å². The van der Waals surface area contributed by atoms with Gasteiger partial charge in [0.2, 0.25) is 5.91 Å². The molecule has 1 amide bonds. The Hall–Kier alpha value is -1.46. The average molecular weight is 263 g/mol. The summed E-state index contributed by atoms with van der Waals surface area (Å²) in [6.45, 7) is 7.12. The minimum atomic E-state index is -0.194. The van der Waals surface area contributed by atoms with Crippen LogP contribution in [0.5, 0.6) is 0 Å². The van der Waals surface area contributed by atoms with E-state index in [2.05, 4.69) is 10.3 Å². The van der Waals surface area contributed by atoms with Crippen LogP contribution < -0.4 is 5.32 Å². The maximum Gasteiger partial charge on any atom is 0.239 e. The van der Waals surface area contributed by atoms with Crippen LogP contribution in [0.15, 0.2) is 18.2 Å². The van der Waals surface area contributed by atoms with Crippen molar-refractivity contribution < 1.29 is 9.53 Å². The van der Waals surface area contributed by atoms with Gasteiger partial charge in [0.15, 0.2) is 0 Å². The SMILES string of the molecule is Cc1cccc(CNC(C)C(=O)N2CCOCC2)n1. The molecule has 1 aromatic heterocycles. The lowest BCUT2D eigenvalue weighted by atomic mass is 10.2. The normalized spacial score (nSPS) is 17.3. The monoisotopic (exact) mass is 263 g/mol. The van der Waals surface area contributed by atoms with Crippen LogP contribution in [0.3, 0.4) is 0 Å². The molecule has 1 saturated heterocycles. The highest BCUT2D eigenvalue weighted by Gasteiger charge is 2.21. The molecule has 1 aliphatic heterocycles. The maximum atomic E-state index is 12.2. The third-order valence-corrected chi connectivity index (χ3v) is 3.23. The highest BCUT2D eigenvalue weighted by molar-refractivity contribution is 5.81. The van der Waals surface area contributed by atoms with Crippen LogP contribution in [0.1, 0.15) is 18.3 Å². The molecule has 0 radical (unpaired) electrons. The molecule has 104 valence electrons. The number of amides is 1.